The molecule has 0 saturated heterocycles. The fourth-order valence-corrected chi connectivity index (χ4v) is 2.60. The molecule has 0 spiro atoms. The third-order valence-corrected chi connectivity index (χ3v) is 3.54. The minimum atomic E-state index is 0.209. The third-order valence-electron chi connectivity index (χ3n) is 3.23. The monoisotopic (exact) mass is 247 g/mol. The van der Waals surface area contributed by atoms with Gasteiger partial charge in [-0.15, -0.1) is 0 Å². The molecule has 0 fully saturated rings. The molecule has 2 heterocycles. The molecule has 0 saturated carbocycles. The zero-order valence-electron chi connectivity index (χ0n) is 9.44. The molecule has 2 N–H and O–H groups in total. The van der Waals surface area contributed by atoms with E-state index in [1.807, 2.05) is 18.2 Å². The van der Waals surface area contributed by atoms with Gasteiger partial charge in [0, 0.05) is 24.6 Å². The molecule has 88 valence electrons. The van der Waals surface area contributed by atoms with Gasteiger partial charge in [-0.05, 0) is 6.42 Å². The maximum atomic E-state index is 6.19. The second-order valence-electron chi connectivity index (χ2n) is 4.44. The van der Waals surface area contributed by atoms with Gasteiger partial charge in [0.25, 0.3) is 0 Å². The van der Waals surface area contributed by atoms with E-state index in [-0.39, 0.29) is 6.04 Å². The predicted octanol–water partition coefficient (Wildman–Crippen LogP) is 2.48. The van der Waals surface area contributed by atoms with Gasteiger partial charge in [-0.25, -0.2) is 4.98 Å². The summed E-state index contributed by atoms with van der Waals surface area (Å²) >= 11 is 6.19. The van der Waals surface area contributed by atoms with Gasteiger partial charge in [0.05, 0.1) is 5.69 Å². The van der Waals surface area contributed by atoms with Crippen molar-refractivity contribution in [1.82, 2.24) is 9.55 Å². The Bertz CT molecular complexity index is 533. The Morgan fingerprint density at radius 3 is 2.82 bits per heavy atom. The number of halogens is 1. The van der Waals surface area contributed by atoms with Crippen molar-refractivity contribution in [3.63, 3.8) is 0 Å². The van der Waals surface area contributed by atoms with E-state index in [2.05, 4.69) is 21.7 Å². The lowest BCUT2D eigenvalue weighted by Gasteiger charge is -2.22. The highest BCUT2D eigenvalue weighted by atomic mass is 35.5. The normalized spacial score (nSPS) is 19.1. The molecule has 0 amide bonds. The van der Waals surface area contributed by atoms with Crippen LogP contribution < -0.4 is 5.73 Å². The first-order valence-electron chi connectivity index (χ1n) is 5.81. The molecule has 1 aliphatic rings. The topological polar surface area (TPSA) is 43.8 Å². The molecule has 3 rings (SSSR count). The van der Waals surface area contributed by atoms with Crippen LogP contribution in [0.15, 0.2) is 30.3 Å². The molecule has 1 aromatic carbocycles. The average molecular weight is 248 g/mol. The maximum Gasteiger partial charge on any atom is 0.151 e. The van der Waals surface area contributed by atoms with E-state index < -0.39 is 0 Å². The molecular weight excluding hydrogens is 234 g/mol. The Morgan fingerprint density at radius 1 is 1.29 bits per heavy atom. The van der Waals surface area contributed by atoms with Crippen LogP contribution in [0.1, 0.15) is 12.1 Å². The fourth-order valence-electron chi connectivity index (χ4n) is 2.35. The number of aromatic nitrogens is 2. The van der Waals surface area contributed by atoms with Gasteiger partial charge in [0.1, 0.15) is 5.82 Å². The van der Waals surface area contributed by atoms with Gasteiger partial charge in [-0.3, -0.25) is 0 Å². The molecule has 17 heavy (non-hydrogen) atoms. The lowest BCUT2D eigenvalue weighted by Crippen LogP contribution is -2.30. The summed E-state index contributed by atoms with van der Waals surface area (Å²) in [6.07, 6.45) is 1.80. The first-order valence-corrected chi connectivity index (χ1v) is 6.19. The molecule has 0 aliphatic carbocycles. The van der Waals surface area contributed by atoms with Gasteiger partial charge >= 0.3 is 0 Å². The standard InChI is InChI=1S/C13H14ClN3/c14-12-11-8-10(15)6-7-17(11)13(16-12)9-4-2-1-3-5-9/h1-5,10H,6-8,15H2. The molecular formula is C13H14ClN3. The number of nitrogens with zero attached hydrogens (tertiary/aromatic N) is 2. The minimum absolute atomic E-state index is 0.209. The Kier molecular flexibility index (Phi) is 2.65. The zero-order valence-corrected chi connectivity index (χ0v) is 10.2. The van der Waals surface area contributed by atoms with E-state index in [0.29, 0.717) is 5.15 Å². The van der Waals surface area contributed by atoms with E-state index in [4.69, 9.17) is 17.3 Å². The van der Waals surface area contributed by atoms with Crippen LogP contribution in [0.4, 0.5) is 0 Å². The largest absolute Gasteiger partial charge is 0.327 e. The smallest absolute Gasteiger partial charge is 0.151 e. The van der Waals surface area contributed by atoms with Gasteiger partial charge in [-0.1, -0.05) is 41.9 Å². The summed E-state index contributed by atoms with van der Waals surface area (Å²) in [6, 6.07) is 10.3. The molecule has 4 heteroatoms. The van der Waals surface area contributed by atoms with Gasteiger partial charge in [0.15, 0.2) is 5.15 Å². The number of imidazole rings is 1. The van der Waals surface area contributed by atoms with Crippen molar-refractivity contribution in [2.75, 3.05) is 0 Å². The van der Waals surface area contributed by atoms with E-state index in [0.717, 1.165) is 36.5 Å². The van der Waals surface area contributed by atoms with E-state index >= 15 is 0 Å². The SMILES string of the molecule is NC1CCn2c(-c3ccccc3)nc(Cl)c2C1. The van der Waals surface area contributed by atoms with Crippen LogP contribution in [0, 0.1) is 0 Å². The molecule has 1 unspecified atom stereocenters. The molecule has 3 nitrogen and oxygen atoms in total. The van der Waals surface area contributed by atoms with Crippen LogP contribution in [0.5, 0.6) is 0 Å². The van der Waals surface area contributed by atoms with Crippen molar-refractivity contribution in [3.05, 3.63) is 41.2 Å². The van der Waals surface area contributed by atoms with E-state index in [1.54, 1.807) is 0 Å². The lowest BCUT2D eigenvalue weighted by molar-refractivity contribution is 0.475. The first-order chi connectivity index (χ1) is 8.25. The van der Waals surface area contributed by atoms with Crippen LogP contribution in [0.2, 0.25) is 5.15 Å². The van der Waals surface area contributed by atoms with E-state index in [9.17, 15) is 0 Å². The number of hydrogen-bond donors (Lipinski definition) is 1. The van der Waals surface area contributed by atoms with Crippen LogP contribution in [0.25, 0.3) is 11.4 Å². The Labute approximate surface area is 105 Å². The fraction of sp³-hybridized carbons (Fsp3) is 0.308. The highest BCUT2D eigenvalue weighted by molar-refractivity contribution is 6.30. The second kappa shape index (κ2) is 4.17. The van der Waals surface area contributed by atoms with E-state index in [1.165, 1.54) is 0 Å². The van der Waals surface area contributed by atoms with Crippen LogP contribution >= 0.6 is 11.6 Å². The number of benzene rings is 1. The Morgan fingerprint density at radius 2 is 2.06 bits per heavy atom. The zero-order chi connectivity index (χ0) is 11.8. The van der Waals surface area contributed by atoms with Gasteiger partial charge < -0.3 is 10.3 Å². The summed E-state index contributed by atoms with van der Waals surface area (Å²) in [5.74, 6) is 0.956. The first kappa shape index (κ1) is 10.8. The number of rotatable bonds is 1. The van der Waals surface area contributed by atoms with Crippen molar-refractivity contribution in [2.24, 2.45) is 5.73 Å². The van der Waals surface area contributed by atoms with Gasteiger partial charge in [0.2, 0.25) is 0 Å². The predicted molar refractivity (Wildman–Crippen MR) is 69.0 cm³/mol. The van der Waals surface area contributed by atoms with Crippen molar-refractivity contribution in [2.45, 2.75) is 25.4 Å². The summed E-state index contributed by atoms with van der Waals surface area (Å²) in [7, 11) is 0. The van der Waals surface area contributed by atoms with Crippen molar-refractivity contribution < 1.29 is 0 Å². The molecule has 0 radical (unpaired) electrons. The minimum Gasteiger partial charge on any atom is -0.327 e. The molecule has 0 bridgehead atoms. The number of nitrogens with two attached hydrogens (primary N) is 1. The summed E-state index contributed by atoms with van der Waals surface area (Å²) in [4.78, 5) is 4.47. The highest BCUT2D eigenvalue weighted by Gasteiger charge is 2.23. The molecule has 1 atom stereocenters. The summed E-state index contributed by atoms with van der Waals surface area (Å²) < 4.78 is 2.20. The lowest BCUT2D eigenvalue weighted by atomic mass is 10.1. The number of fused-ring (bicyclic) bond motifs is 1. The molecule has 1 aromatic heterocycles. The molecule has 1 aliphatic heterocycles. The van der Waals surface area contributed by atoms with Crippen molar-refractivity contribution >= 4 is 11.6 Å². The highest BCUT2D eigenvalue weighted by Crippen LogP contribution is 2.29. The van der Waals surface area contributed by atoms with Crippen LogP contribution in [0.3, 0.4) is 0 Å². The van der Waals surface area contributed by atoms with Crippen LogP contribution in [-0.4, -0.2) is 15.6 Å². The maximum absolute atomic E-state index is 6.19. The van der Waals surface area contributed by atoms with Crippen molar-refractivity contribution in [3.8, 4) is 11.4 Å². The Balaban J connectivity index is 2.11. The average Bonchev–Trinajstić information content (AvgIpc) is 2.68. The third kappa shape index (κ3) is 1.85. The summed E-state index contributed by atoms with van der Waals surface area (Å²) in [5, 5.41) is 0.596. The quantitative estimate of drug-likeness (QED) is 0.841. The van der Waals surface area contributed by atoms with Crippen LogP contribution in [-0.2, 0) is 13.0 Å². The molecule has 2 aromatic rings. The van der Waals surface area contributed by atoms with Crippen molar-refractivity contribution in [1.29, 1.82) is 0 Å². The second-order valence-corrected chi connectivity index (χ2v) is 4.80. The Hall–Kier alpha value is -1.32. The summed E-state index contributed by atoms with van der Waals surface area (Å²) in [6.45, 7) is 0.903. The number of hydrogen-bond acceptors (Lipinski definition) is 2. The van der Waals surface area contributed by atoms with Gasteiger partial charge in [-0.2, -0.15) is 0 Å². The summed E-state index contributed by atoms with van der Waals surface area (Å²) in [5.41, 5.74) is 8.15.